The van der Waals surface area contributed by atoms with Crippen molar-refractivity contribution in [1.82, 2.24) is 14.5 Å². The quantitative estimate of drug-likeness (QED) is 0.429. The molecule has 0 fully saturated rings. The zero-order valence-corrected chi connectivity index (χ0v) is 20.2. The molecule has 2 aromatic carbocycles. The first kappa shape index (κ1) is 23.4. The van der Waals surface area contributed by atoms with Crippen LogP contribution in [0.5, 0.6) is 0 Å². The van der Waals surface area contributed by atoms with Crippen molar-refractivity contribution in [2.45, 2.75) is 33.4 Å². The standard InChI is InChI=1S/C26H26N4O3S/c1-17-7-9-20(10-8-17)22-15-34-25-24(22)26(33)30(16-27-25)12-11-23(32)28-21-6-4-5-19(13-21)14-29(3)18(2)31/h4-10,13,15-16H,11-12,14H2,1-3H3,(H,28,32). The van der Waals surface area contributed by atoms with E-state index in [1.807, 2.05) is 54.8 Å². The number of aryl methyl sites for hydroxylation is 2. The zero-order chi connectivity index (χ0) is 24.2. The average molecular weight is 475 g/mol. The van der Waals surface area contributed by atoms with Crippen LogP contribution in [0.25, 0.3) is 21.3 Å². The van der Waals surface area contributed by atoms with Crippen molar-refractivity contribution in [2.75, 3.05) is 12.4 Å². The molecule has 4 aromatic rings. The smallest absolute Gasteiger partial charge is 0.262 e. The predicted molar refractivity (Wildman–Crippen MR) is 136 cm³/mol. The normalized spacial score (nSPS) is 10.9. The molecule has 0 saturated carbocycles. The molecule has 4 rings (SSSR count). The van der Waals surface area contributed by atoms with Crippen LogP contribution in [0, 0.1) is 6.92 Å². The van der Waals surface area contributed by atoms with E-state index in [1.165, 1.54) is 29.2 Å². The number of hydrogen-bond acceptors (Lipinski definition) is 5. The molecule has 7 nitrogen and oxygen atoms in total. The Morgan fingerprint density at radius 3 is 2.65 bits per heavy atom. The molecule has 0 saturated heterocycles. The number of aromatic nitrogens is 2. The lowest BCUT2D eigenvalue weighted by Gasteiger charge is -2.15. The number of rotatable bonds is 7. The minimum absolute atomic E-state index is 0.0263. The number of carbonyl (C=O) groups excluding carboxylic acids is 2. The Bertz CT molecular complexity index is 1410. The molecule has 8 heteroatoms. The van der Waals surface area contributed by atoms with E-state index in [1.54, 1.807) is 18.0 Å². The number of thiophene rings is 1. The Morgan fingerprint density at radius 2 is 1.91 bits per heavy atom. The fourth-order valence-corrected chi connectivity index (χ4v) is 4.56. The van der Waals surface area contributed by atoms with Crippen molar-refractivity contribution in [3.05, 3.63) is 81.7 Å². The Balaban J connectivity index is 1.46. The van der Waals surface area contributed by atoms with Gasteiger partial charge in [-0.2, -0.15) is 0 Å². The second-order valence-electron chi connectivity index (χ2n) is 8.31. The second kappa shape index (κ2) is 10.0. The summed E-state index contributed by atoms with van der Waals surface area (Å²) < 4.78 is 1.49. The summed E-state index contributed by atoms with van der Waals surface area (Å²) in [6.45, 7) is 4.23. The first-order chi connectivity index (χ1) is 16.3. The molecule has 0 aliphatic heterocycles. The summed E-state index contributed by atoms with van der Waals surface area (Å²) in [7, 11) is 1.73. The molecule has 174 valence electrons. The number of benzene rings is 2. The molecule has 2 aromatic heterocycles. The molecule has 0 aliphatic rings. The maximum atomic E-state index is 13.2. The minimum Gasteiger partial charge on any atom is -0.342 e. The van der Waals surface area contributed by atoms with Gasteiger partial charge >= 0.3 is 0 Å². The average Bonchev–Trinajstić information content (AvgIpc) is 3.24. The number of fused-ring (bicyclic) bond motifs is 1. The maximum Gasteiger partial charge on any atom is 0.262 e. The number of nitrogens with one attached hydrogen (secondary N) is 1. The number of carbonyl (C=O) groups is 2. The molecule has 1 N–H and O–H groups in total. The minimum atomic E-state index is -0.201. The lowest BCUT2D eigenvalue weighted by Crippen LogP contribution is -2.24. The Hall–Kier alpha value is -3.78. The van der Waals surface area contributed by atoms with Gasteiger partial charge < -0.3 is 10.2 Å². The molecular formula is C26H26N4O3S. The second-order valence-corrected chi connectivity index (χ2v) is 9.17. The van der Waals surface area contributed by atoms with Crippen LogP contribution in [-0.4, -0.2) is 33.3 Å². The van der Waals surface area contributed by atoms with Gasteiger partial charge in [-0.05, 0) is 30.2 Å². The number of anilines is 1. The fourth-order valence-electron chi connectivity index (χ4n) is 3.65. The van der Waals surface area contributed by atoms with E-state index >= 15 is 0 Å². The molecular weight excluding hydrogens is 448 g/mol. The van der Waals surface area contributed by atoms with Gasteiger partial charge in [-0.3, -0.25) is 19.0 Å². The van der Waals surface area contributed by atoms with Gasteiger partial charge in [0, 0.05) is 50.1 Å². The monoisotopic (exact) mass is 474 g/mol. The number of amides is 2. The van der Waals surface area contributed by atoms with Crippen molar-refractivity contribution in [3.63, 3.8) is 0 Å². The summed E-state index contributed by atoms with van der Waals surface area (Å²) in [5, 5.41) is 5.41. The number of hydrogen-bond donors (Lipinski definition) is 1. The largest absolute Gasteiger partial charge is 0.342 e. The van der Waals surface area contributed by atoms with Gasteiger partial charge in [-0.25, -0.2) is 4.98 Å². The van der Waals surface area contributed by atoms with Crippen LogP contribution in [-0.2, 0) is 22.7 Å². The van der Waals surface area contributed by atoms with Crippen molar-refractivity contribution in [2.24, 2.45) is 0 Å². The summed E-state index contributed by atoms with van der Waals surface area (Å²) in [6.07, 6.45) is 1.64. The first-order valence-corrected chi connectivity index (χ1v) is 11.8. The summed E-state index contributed by atoms with van der Waals surface area (Å²) in [5.41, 5.74) is 4.41. The van der Waals surface area contributed by atoms with E-state index in [2.05, 4.69) is 10.3 Å². The molecule has 0 radical (unpaired) electrons. The first-order valence-electron chi connectivity index (χ1n) is 11.0. The zero-order valence-electron chi connectivity index (χ0n) is 19.4. The number of nitrogens with zero attached hydrogens (tertiary/aromatic N) is 3. The van der Waals surface area contributed by atoms with Crippen LogP contribution in [0.4, 0.5) is 5.69 Å². The topological polar surface area (TPSA) is 84.3 Å². The summed E-state index contributed by atoms with van der Waals surface area (Å²) in [5.74, 6) is -0.227. The van der Waals surface area contributed by atoms with Crippen molar-refractivity contribution < 1.29 is 9.59 Å². The van der Waals surface area contributed by atoms with E-state index < -0.39 is 0 Å². The molecule has 34 heavy (non-hydrogen) atoms. The SMILES string of the molecule is CC(=O)N(C)Cc1cccc(NC(=O)CCn2cnc3scc(-c4ccc(C)cc4)c3c2=O)c1. The highest BCUT2D eigenvalue weighted by Crippen LogP contribution is 2.30. The Labute approximate surface area is 201 Å². The van der Waals surface area contributed by atoms with Crippen LogP contribution in [0.1, 0.15) is 24.5 Å². The summed E-state index contributed by atoms with van der Waals surface area (Å²) in [4.78, 5) is 43.9. The van der Waals surface area contributed by atoms with Crippen molar-refractivity contribution >= 4 is 39.1 Å². The maximum absolute atomic E-state index is 13.2. The molecule has 0 spiro atoms. The van der Waals surface area contributed by atoms with Gasteiger partial charge in [0.25, 0.3) is 5.56 Å². The van der Waals surface area contributed by atoms with E-state index in [0.29, 0.717) is 22.4 Å². The van der Waals surface area contributed by atoms with Gasteiger partial charge in [0.2, 0.25) is 11.8 Å². The van der Waals surface area contributed by atoms with E-state index in [-0.39, 0.29) is 30.3 Å². The van der Waals surface area contributed by atoms with Gasteiger partial charge in [-0.15, -0.1) is 11.3 Å². The molecule has 0 bridgehead atoms. The van der Waals surface area contributed by atoms with Crippen molar-refractivity contribution in [3.8, 4) is 11.1 Å². The Kier molecular flexibility index (Phi) is 6.88. The van der Waals surface area contributed by atoms with E-state index in [9.17, 15) is 14.4 Å². The molecule has 0 aliphatic carbocycles. The van der Waals surface area contributed by atoms with Crippen LogP contribution in [0.15, 0.2) is 65.0 Å². The predicted octanol–water partition coefficient (Wildman–Crippen LogP) is 4.44. The molecule has 0 atom stereocenters. The highest BCUT2D eigenvalue weighted by Gasteiger charge is 2.14. The molecule has 2 amide bonds. The van der Waals surface area contributed by atoms with Gasteiger partial charge in [0.1, 0.15) is 4.83 Å². The Morgan fingerprint density at radius 1 is 1.15 bits per heavy atom. The third-order valence-corrected chi connectivity index (χ3v) is 6.56. The lowest BCUT2D eigenvalue weighted by molar-refractivity contribution is -0.128. The van der Waals surface area contributed by atoms with Gasteiger partial charge in [0.05, 0.1) is 11.7 Å². The van der Waals surface area contributed by atoms with Crippen molar-refractivity contribution in [1.29, 1.82) is 0 Å². The third-order valence-electron chi connectivity index (χ3n) is 5.67. The molecule has 2 heterocycles. The van der Waals surface area contributed by atoms with Gasteiger partial charge in [-0.1, -0.05) is 42.0 Å². The van der Waals surface area contributed by atoms with Crippen LogP contribution >= 0.6 is 11.3 Å². The third kappa shape index (κ3) is 5.23. The lowest BCUT2D eigenvalue weighted by atomic mass is 10.1. The fraction of sp³-hybridized carbons (Fsp3) is 0.231. The summed E-state index contributed by atoms with van der Waals surface area (Å²) >= 11 is 1.44. The summed E-state index contributed by atoms with van der Waals surface area (Å²) in [6, 6.07) is 15.4. The highest BCUT2D eigenvalue weighted by molar-refractivity contribution is 7.17. The van der Waals surface area contributed by atoms with Crippen LogP contribution < -0.4 is 10.9 Å². The van der Waals surface area contributed by atoms with Crippen LogP contribution in [0.2, 0.25) is 0 Å². The molecule has 0 unspecified atom stereocenters. The van der Waals surface area contributed by atoms with E-state index in [0.717, 1.165) is 22.3 Å². The highest BCUT2D eigenvalue weighted by atomic mass is 32.1. The van der Waals surface area contributed by atoms with Crippen LogP contribution in [0.3, 0.4) is 0 Å². The van der Waals surface area contributed by atoms with E-state index in [4.69, 9.17) is 0 Å². The van der Waals surface area contributed by atoms with Gasteiger partial charge in [0.15, 0.2) is 0 Å².